The van der Waals surface area contributed by atoms with Crippen molar-refractivity contribution in [1.29, 1.82) is 0 Å². The van der Waals surface area contributed by atoms with Gasteiger partial charge in [-0.05, 0) is 40.5 Å². The number of nitrogens with one attached hydrogen (secondary N) is 2. The first kappa shape index (κ1) is 16.5. The summed E-state index contributed by atoms with van der Waals surface area (Å²) in [7, 11) is 0. The van der Waals surface area contributed by atoms with Gasteiger partial charge in [0, 0.05) is 12.1 Å². The molecule has 0 aliphatic carbocycles. The summed E-state index contributed by atoms with van der Waals surface area (Å²) in [6, 6.07) is 0.140. The average molecular weight is 260 g/mol. The van der Waals surface area contributed by atoms with E-state index >= 15 is 0 Å². The fraction of sp³-hybridized carbons (Fsp3) is 0.833. The van der Waals surface area contributed by atoms with Gasteiger partial charge in [-0.2, -0.15) is 0 Å². The van der Waals surface area contributed by atoms with E-state index in [0.29, 0.717) is 26.1 Å². The minimum atomic E-state index is -0.413. The van der Waals surface area contributed by atoms with E-state index in [2.05, 4.69) is 10.6 Å². The lowest BCUT2D eigenvalue weighted by Gasteiger charge is -2.10. The predicted molar refractivity (Wildman–Crippen MR) is 68.5 cm³/mol. The molecule has 0 aromatic rings. The van der Waals surface area contributed by atoms with Crippen LogP contribution in [0.25, 0.3) is 0 Å². The van der Waals surface area contributed by atoms with Gasteiger partial charge in [-0.15, -0.1) is 0 Å². The molecule has 0 bridgehead atoms. The van der Waals surface area contributed by atoms with Crippen molar-refractivity contribution in [3.8, 4) is 0 Å². The summed E-state index contributed by atoms with van der Waals surface area (Å²) in [6.07, 6.45) is 0.507. The van der Waals surface area contributed by atoms with Crippen LogP contribution in [0, 0.1) is 0 Å². The second kappa shape index (κ2) is 9.56. The first-order valence-electron chi connectivity index (χ1n) is 6.28. The van der Waals surface area contributed by atoms with Gasteiger partial charge in [0.1, 0.15) is 0 Å². The highest BCUT2D eigenvalue weighted by atomic mass is 16.6. The molecule has 0 aromatic heterocycles. The van der Waals surface area contributed by atoms with Crippen LogP contribution in [-0.4, -0.2) is 37.5 Å². The summed E-state index contributed by atoms with van der Waals surface area (Å²) in [5, 5.41) is 5.23. The third-order valence-corrected chi connectivity index (χ3v) is 1.82. The van der Waals surface area contributed by atoms with Crippen molar-refractivity contribution in [2.45, 2.75) is 52.6 Å². The van der Waals surface area contributed by atoms with Crippen molar-refractivity contribution in [2.75, 3.05) is 13.2 Å². The fourth-order valence-electron chi connectivity index (χ4n) is 1.09. The van der Waals surface area contributed by atoms with Gasteiger partial charge in [0.25, 0.3) is 0 Å². The smallest absolute Gasteiger partial charge is 0.407 e. The number of ether oxygens (including phenoxy) is 2. The van der Waals surface area contributed by atoms with E-state index in [9.17, 15) is 9.59 Å². The van der Waals surface area contributed by atoms with Crippen LogP contribution >= 0.6 is 0 Å². The molecule has 0 aliphatic heterocycles. The first-order valence-corrected chi connectivity index (χ1v) is 6.28. The van der Waals surface area contributed by atoms with Crippen molar-refractivity contribution >= 4 is 12.2 Å². The number of rotatable bonds is 7. The Balaban J connectivity index is 3.36. The molecule has 0 heterocycles. The first-order chi connectivity index (χ1) is 8.41. The second-order valence-corrected chi connectivity index (χ2v) is 4.58. The van der Waals surface area contributed by atoms with E-state index in [1.807, 2.05) is 27.7 Å². The minimum Gasteiger partial charge on any atom is -0.450 e. The third kappa shape index (κ3) is 11.0. The fourth-order valence-corrected chi connectivity index (χ4v) is 1.09. The molecule has 2 amide bonds. The normalized spacial score (nSPS) is 10.3. The van der Waals surface area contributed by atoms with Crippen LogP contribution in [0.15, 0.2) is 0 Å². The molecule has 2 N–H and O–H groups in total. The molecule has 0 unspecified atom stereocenters. The van der Waals surface area contributed by atoms with Crippen LogP contribution in [0.1, 0.15) is 40.5 Å². The van der Waals surface area contributed by atoms with E-state index in [4.69, 9.17) is 9.47 Å². The van der Waals surface area contributed by atoms with Gasteiger partial charge in [-0.3, -0.25) is 0 Å². The third-order valence-electron chi connectivity index (χ3n) is 1.82. The molecule has 6 heteroatoms. The molecule has 0 aromatic carbocycles. The van der Waals surface area contributed by atoms with Crippen LogP contribution in [0.3, 0.4) is 0 Å². The summed E-state index contributed by atoms with van der Waals surface area (Å²) in [5.74, 6) is 0. The van der Waals surface area contributed by atoms with Gasteiger partial charge in [-0.25, -0.2) is 9.59 Å². The average Bonchev–Trinajstić information content (AvgIpc) is 2.20. The Morgan fingerprint density at radius 1 is 0.833 bits per heavy atom. The monoisotopic (exact) mass is 260 g/mol. The minimum absolute atomic E-state index is 0.0700. The largest absolute Gasteiger partial charge is 0.450 e. The molecule has 6 nitrogen and oxygen atoms in total. The molecule has 106 valence electrons. The standard InChI is InChI=1S/C12H24N2O4/c1-9(2)13-11(15)17-7-5-6-8-18-12(16)14-10(3)4/h9-10H,5-8H2,1-4H3,(H,13,15)(H,14,16). The Morgan fingerprint density at radius 2 is 1.17 bits per heavy atom. The predicted octanol–water partition coefficient (Wildman–Crippen LogP) is 2.04. The quantitative estimate of drug-likeness (QED) is 0.687. The molecule has 0 aliphatic rings. The van der Waals surface area contributed by atoms with Crippen LogP contribution in [0.5, 0.6) is 0 Å². The van der Waals surface area contributed by atoms with E-state index in [-0.39, 0.29) is 12.1 Å². The van der Waals surface area contributed by atoms with Crippen molar-refractivity contribution < 1.29 is 19.1 Å². The van der Waals surface area contributed by atoms with Gasteiger partial charge < -0.3 is 20.1 Å². The Bertz CT molecular complexity index is 228. The maximum absolute atomic E-state index is 11.1. The Morgan fingerprint density at radius 3 is 1.44 bits per heavy atom. The highest BCUT2D eigenvalue weighted by Crippen LogP contribution is 1.93. The van der Waals surface area contributed by atoms with E-state index in [0.717, 1.165) is 0 Å². The lowest BCUT2D eigenvalue weighted by molar-refractivity contribution is 0.126. The number of hydrogen-bond acceptors (Lipinski definition) is 4. The van der Waals surface area contributed by atoms with Gasteiger partial charge in [0.05, 0.1) is 13.2 Å². The van der Waals surface area contributed by atoms with E-state index in [1.54, 1.807) is 0 Å². The molecule has 0 spiro atoms. The van der Waals surface area contributed by atoms with Crippen molar-refractivity contribution in [1.82, 2.24) is 10.6 Å². The summed E-state index contributed by atoms with van der Waals surface area (Å²) >= 11 is 0. The van der Waals surface area contributed by atoms with Crippen LogP contribution < -0.4 is 10.6 Å². The zero-order valence-corrected chi connectivity index (χ0v) is 11.6. The van der Waals surface area contributed by atoms with Crippen LogP contribution in [0.4, 0.5) is 9.59 Å². The summed E-state index contributed by atoms with van der Waals surface area (Å²) in [6.45, 7) is 8.11. The Kier molecular flexibility index (Phi) is 8.78. The zero-order chi connectivity index (χ0) is 14.0. The second-order valence-electron chi connectivity index (χ2n) is 4.58. The number of unbranched alkanes of at least 4 members (excludes halogenated alkanes) is 1. The molecule has 18 heavy (non-hydrogen) atoms. The molecule has 0 fully saturated rings. The molecular formula is C12H24N2O4. The molecular weight excluding hydrogens is 236 g/mol. The Hall–Kier alpha value is -1.46. The lowest BCUT2D eigenvalue weighted by atomic mass is 10.3. The van der Waals surface area contributed by atoms with Gasteiger partial charge in [0.15, 0.2) is 0 Å². The number of hydrogen-bond donors (Lipinski definition) is 2. The molecule has 0 saturated carbocycles. The lowest BCUT2D eigenvalue weighted by Crippen LogP contribution is -2.31. The van der Waals surface area contributed by atoms with Crippen molar-refractivity contribution in [3.05, 3.63) is 0 Å². The van der Waals surface area contributed by atoms with Gasteiger partial charge in [0.2, 0.25) is 0 Å². The molecule has 0 radical (unpaired) electrons. The highest BCUT2D eigenvalue weighted by Gasteiger charge is 2.04. The Labute approximate surface area is 108 Å². The number of carbonyl (C=O) groups excluding carboxylic acids is 2. The molecule has 0 rings (SSSR count). The van der Waals surface area contributed by atoms with Gasteiger partial charge in [-0.1, -0.05) is 0 Å². The summed E-state index contributed by atoms with van der Waals surface area (Å²) in [4.78, 5) is 22.2. The topological polar surface area (TPSA) is 76.7 Å². The maximum Gasteiger partial charge on any atom is 0.407 e. The maximum atomic E-state index is 11.1. The van der Waals surface area contributed by atoms with Crippen LogP contribution in [0.2, 0.25) is 0 Å². The molecule has 0 saturated heterocycles. The number of carbonyl (C=O) groups is 2. The van der Waals surface area contributed by atoms with Gasteiger partial charge >= 0.3 is 12.2 Å². The highest BCUT2D eigenvalue weighted by molar-refractivity contribution is 5.67. The van der Waals surface area contributed by atoms with Crippen molar-refractivity contribution in [3.63, 3.8) is 0 Å². The number of amides is 2. The SMILES string of the molecule is CC(C)NC(=O)OCCCCOC(=O)NC(C)C. The summed E-state index contributed by atoms with van der Waals surface area (Å²) in [5.41, 5.74) is 0. The van der Waals surface area contributed by atoms with E-state index < -0.39 is 12.2 Å². The van der Waals surface area contributed by atoms with Crippen molar-refractivity contribution in [2.24, 2.45) is 0 Å². The molecule has 0 atom stereocenters. The van der Waals surface area contributed by atoms with Crippen LogP contribution in [-0.2, 0) is 9.47 Å². The zero-order valence-electron chi connectivity index (χ0n) is 11.6. The number of alkyl carbamates (subject to hydrolysis) is 2. The summed E-state index contributed by atoms with van der Waals surface area (Å²) < 4.78 is 9.84. The van der Waals surface area contributed by atoms with E-state index in [1.165, 1.54) is 0 Å².